The van der Waals surface area contributed by atoms with Crippen LogP contribution in [0.25, 0.3) is 21.9 Å². The van der Waals surface area contributed by atoms with Gasteiger partial charge in [-0.15, -0.1) is 0 Å². The Morgan fingerprint density at radius 1 is 0.935 bits per heavy atom. The molecule has 0 spiro atoms. The van der Waals surface area contributed by atoms with Gasteiger partial charge in [0.1, 0.15) is 22.7 Å². The molecule has 1 atom stereocenters. The second kappa shape index (κ2) is 8.39. The van der Waals surface area contributed by atoms with E-state index in [-0.39, 0.29) is 5.91 Å². The van der Waals surface area contributed by atoms with Crippen molar-refractivity contribution in [2.24, 2.45) is 0 Å². The molecule has 1 N–H and O–H groups in total. The van der Waals surface area contributed by atoms with Crippen LogP contribution in [0.1, 0.15) is 17.3 Å². The lowest BCUT2D eigenvalue weighted by Crippen LogP contribution is -2.30. The maximum atomic E-state index is 12.7. The molecule has 0 aliphatic heterocycles. The number of rotatable bonds is 6. The van der Waals surface area contributed by atoms with Crippen LogP contribution in [0.3, 0.4) is 0 Å². The predicted octanol–water partition coefficient (Wildman–Crippen LogP) is 4.79. The first-order valence-corrected chi connectivity index (χ1v) is 9.65. The van der Waals surface area contributed by atoms with E-state index in [9.17, 15) is 9.59 Å². The Labute approximate surface area is 178 Å². The highest BCUT2D eigenvalue weighted by Crippen LogP contribution is 2.36. The Bertz CT molecular complexity index is 1260. The molecule has 1 aromatic heterocycles. The fourth-order valence-electron chi connectivity index (χ4n) is 3.30. The fraction of sp³-hybridized carbons (Fsp3) is 0.167. The summed E-state index contributed by atoms with van der Waals surface area (Å²) < 4.78 is 21.7. The molecule has 0 bridgehead atoms. The molecule has 0 saturated heterocycles. The van der Waals surface area contributed by atoms with Gasteiger partial charge in [-0.25, -0.2) is 4.79 Å². The van der Waals surface area contributed by atoms with Crippen LogP contribution in [0.2, 0.25) is 0 Å². The molecule has 3 aromatic carbocycles. The van der Waals surface area contributed by atoms with E-state index >= 15 is 0 Å². The van der Waals surface area contributed by atoms with E-state index in [1.54, 1.807) is 44.4 Å². The van der Waals surface area contributed by atoms with Crippen molar-refractivity contribution in [3.05, 3.63) is 66.2 Å². The summed E-state index contributed by atoms with van der Waals surface area (Å²) in [6, 6.07) is 17.7. The van der Waals surface area contributed by atoms with E-state index in [4.69, 9.17) is 13.9 Å². The molecule has 4 aromatic rings. The Morgan fingerprint density at radius 3 is 2.39 bits per heavy atom. The van der Waals surface area contributed by atoms with Gasteiger partial charge in [0, 0.05) is 16.8 Å². The number of carbonyl (C=O) groups excluding carboxylic acids is 2. The number of methoxy groups -OCH3 is 2. The maximum Gasteiger partial charge on any atom is 0.337 e. The minimum atomic E-state index is -0.792. The maximum absolute atomic E-state index is 12.7. The number of anilines is 1. The van der Waals surface area contributed by atoms with Gasteiger partial charge < -0.3 is 23.9 Å². The van der Waals surface area contributed by atoms with E-state index < -0.39 is 12.1 Å². The number of carbonyl (C=O) groups is 2. The molecule has 0 radical (unpaired) electrons. The Morgan fingerprint density at radius 2 is 1.68 bits per heavy atom. The van der Waals surface area contributed by atoms with Crippen LogP contribution >= 0.6 is 0 Å². The highest BCUT2D eigenvalue weighted by atomic mass is 16.5. The van der Waals surface area contributed by atoms with Crippen LogP contribution in [0.5, 0.6) is 11.5 Å². The summed E-state index contributed by atoms with van der Waals surface area (Å²) >= 11 is 0. The van der Waals surface area contributed by atoms with Crippen LogP contribution in [0.4, 0.5) is 5.69 Å². The zero-order valence-corrected chi connectivity index (χ0v) is 17.3. The Kier molecular flexibility index (Phi) is 5.49. The molecular weight excluding hydrogens is 398 g/mol. The first-order valence-electron chi connectivity index (χ1n) is 9.65. The van der Waals surface area contributed by atoms with Gasteiger partial charge in [-0.1, -0.05) is 18.2 Å². The molecule has 158 valence electrons. The van der Waals surface area contributed by atoms with E-state index in [1.165, 1.54) is 7.11 Å². The first kappa shape index (κ1) is 20.3. The third kappa shape index (κ3) is 4.02. The molecule has 0 aliphatic carbocycles. The number of para-hydroxylation sites is 1. The number of furan rings is 1. The molecular formula is C24H21NO6. The summed E-state index contributed by atoms with van der Waals surface area (Å²) in [6.45, 7) is 1.63. The summed E-state index contributed by atoms with van der Waals surface area (Å²) in [5.74, 6) is 0.174. The van der Waals surface area contributed by atoms with Gasteiger partial charge in [-0.3, -0.25) is 4.79 Å². The largest absolute Gasteiger partial charge is 0.495 e. The Hall–Kier alpha value is -4.00. The van der Waals surface area contributed by atoms with Gasteiger partial charge in [-0.05, 0) is 43.3 Å². The lowest BCUT2D eigenvalue weighted by molar-refractivity contribution is -0.122. The smallest absolute Gasteiger partial charge is 0.337 e. The van der Waals surface area contributed by atoms with Gasteiger partial charge in [-0.2, -0.15) is 0 Å². The summed E-state index contributed by atoms with van der Waals surface area (Å²) in [5, 5.41) is 4.71. The quantitative estimate of drug-likeness (QED) is 0.452. The summed E-state index contributed by atoms with van der Waals surface area (Å²) in [7, 11) is 2.86. The van der Waals surface area contributed by atoms with Crippen molar-refractivity contribution in [3.63, 3.8) is 0 Å². The van der Waals surface area contributed by atoms with Gasteiger partial charge in [0.25, 0.3) is 5.91 Å². The van der Waals surface area contributed by atoms with Crippen molar-refractivity contribution < 1.29 is 28.2 Å². The van der Waals surface area contributed by atoms with Gasteiger partial charge in [0.05, 0.1) is 25.5 Å². The Balaban J connectivity index is 1.53. The molecule has 31 heavy (non-hydrogen) atoms. The normalized spacial score (nSPS) is 11.8. The van der Waals surface area contributed by atoms with Gasteiger partial charge in [0.15, 0.2) is 6.10 Å². The standard InChI is InChI=1S/C24H21NO6/c1-14(30-16-10-8-15(9-11-16)24(27)29-3)23(26)25-19-13-21-18(12-22(19)28-2)17-6-4-5-7-20(17)31-21/h4-14H,1-3H3,(H,25,26)/t14-/m1/s1. The van der Waals surface area contributed by atoms with E-state index in [1.807, 2.05) is 30.3 Å². The number of benzene rings is 3. The van der Waals surface area contributed by atoms with Crippen LogP contribution in [-0.4, -0.2) is 32.2 Å². The van der Waals surface area contributed by atoms with E-state index in [0.717, 1.165) is 16.4 Å². The van der Waals surface area contributed by atoms with Gasteiger partial charge >= 0.3 is 5.97 Å². The molecule has 4 rings (SSSR count). The van der Waals surface area contributed by atoms with Crippen molar-refractivity contribution in [1.82, 2.24) is 0 Å². The number of fused-ring (bicyclic) bond motifs is 3. The SMILES string of the molecule is COC(=O)c1ccc(O[C@H](C)C(=O)Nc2cc3oc4ccccc4c3cc2OC)cc1. The topological polar surface area (TPSA) is 87.0 Å². The lowest BCUT2D eigenvalue weighted by Gasteiger charge is -2.16. The monoisotopic (exact) mass is 419 g/mol. The minimum absolute atomic E-state index is 0.356. The van der Waals surface area contributed by atoms with Crippen molar-refractivity contribution >= 4 is 39.5 Å². The molecule has 0 unspecified atom stereocenters. The minimum Gasteiger partial charge on any atom is -0.495 e. The van der Waals surface area contributed by atoms with E-state index in [0.29, 0.717) is 28.3 Å². The van der Waals surface area contributed by atoms with Crippen LogP contribution in [-0.2, 0) is 9.53 Å². The predicted molar refractivity (Wildman–Crippen MR) is 117 cm³/mol. The molecule has 0 aliphatic rings. The second-order valence-electron chi connectivity index (χ2n) is 6.91. The average molecular weight is 419 g/mol. The third-order valence-corrected chi connectivity index (χ3v) is 4.91. The number of amides is 1. The highest BCUT2D eigenvalue weighted by molar-refractivity contribution is 6.08. The summed E-state index contributed by atoms with van der Waals surface area (Å²) in [5.41, 5.74) is 2.28. The number of hydrogen-bond acceptors (Lipinski definition) is 6. The zero-order valence-electron chi connectivity index (χ0n) is 17.3. The second-order valence-corrected chi connectivity index (χ2v) is 6.91. The number of hydrogen-bond donors (Lipinski definition) is 1. The molecule has 1 heterocycles. The van der Waals surface area contributed by atoms with Crippen molar-refractivity contribution in [1.29, 1.82) is 0 Å². The first-order chi connectivity index (χ1) is 15.0. The number of ether oxygens (including phenoxy) is 3. The summed E-state index contributed by atoms with van der Waals surface area (Å²) in [4.78, 5) is 24.2. The molecule has 1 amide bonds. The van der Waals surface area contributed by atoms with Crippen molar-refractivity contribution in [3.8, 4) is 11.5 Å². The molecule has 0 fully saturated rings. The third-order valence-electron chi connectivity index (χ3n) is 4.91. The van der Waals surface area contributed by atoms with E-state index in [2.05, 4.69) is 10.1 Å². The fourth-order valence-corrected chi connectivity index (χ4v) is 3.30. The molecule has 7 nitrogen and oxygen atoms in total. The van der Waals surface area contributed by atoms with Crippen molar-refractivity contribution in [2.75, 3.05) is 19.5 Å². The van der Waals surface area contributed by atoms with Crippen LogP contribution < -0.4 is 14.8 Å². The van der Waals surface area contributed by atoms with Gasteiger partial charge in [0.2, 0.25) is 0 Å². The lowest BCUT2D eigenvalue weighted by atomic mass is 10.1. The molecule has 0 saturated carbocycles. The number of nitrogens with one attached hydrogen (secondary N) is 1. The van der Waals surface area contributed by atoms with Crippen molar-refractivity contribution in [2.45, 2.75) is 13.0 Å². The molecule has 7 heteroatoms. The zero-order chi connectivity index (χ0) is 22.0. The van der Waals surface area contributed by atoms with Crippen LogP contribution in [0.15, 0.2) is 65.1 Å². The highest BCUT2D eigenvalue weighted by Gasteiger charge is 2.19. The number of esters is 1. The average Bonchev–Trinajstić information content (AvgIpc) is 3.15. The summed E-state index contributed by atoms with van der Waals surface area (Å²) in [6.07, 6.45) is -0.792. The van der Waals surface area contributed by atoms with Crippen LogP contribution in [0, 0.1) is 0 Å².